The van der Waals surface area contributed by atoms with E-state index in [1.54, 1.807) is 12.1 Å². The molecule has 174 valence electrons. The maximum Gasteiger partial charge on any atom is 0.320 e. The zero-order valence-corrected chi connectivity index (χ0v) is 19.8. The molecule has 1 aromatic carbocycles. The SMILES string of the molecule is CC1(C)[C@H]2Cc3c(O)cccc3[C@]1(C)CCN2C(=O)N1C[C@@H]2C[C@H](C1)c1cccc(=O)n1C2. The molecule has 4 aliphatic rings. The normalized spacial score (nSPS) is 31.5. The molecule has 0 spiro atoms. The number of nitrogens with zero attached hydrogens (tertiary/aromatic N) is 3. The summed E-state index contributed by atoms with van der Waals surface area (Å²) in [6, 6.07) is 11.6. The number of benzene rings is 1. The van der Waals surface area contributed by atoms with Gasteiger partial charge < -0.3 is 19.5 Å². The number of piperidine rings is 2. The third-order valence-corrected chi connectivity index (χ3v) is 9.62. The van der Waals surface area contributed by atoms with Gasteiger partial charge in [0.15, 0.2) is 0 Å². The van der Waals surface area contributed by atoms with Crippen molar-refractivity contribution in [3.05, 3.63) is 63.6 Å². The Morgan fingerprint density at radius 2 is 1.85 bits per heavy atom. The monoisotopic (exact) mass is 447 g/mol. The zero-order chi connectivity index (χ0) is 23.1. The number of rotatable bonds is 0. The Morgan fingerprint density at radius 3 is 2.67 bits per heavy atom. The number of phenolic OH excluding ortho intramolecular Hbond substituents is 1. The second-order valence-electron chi connectivity index (χ2n) is 11.4. The number of carbonyl (C=O) groups is 1. The van der Waals surface area contributed by atoms with Crippen LogP contribution in [-0.4, -0.2) is 51.2 Å². The number of urea groups is 1. The van der Waals surface area contributed by atoms with Crippen LogP contribution in [0.1, 0.15) is 56.4 Å². The Kier molecular flexibility index (Phi) is 4.34. The number of pyridine rings is 1. The molecule has 33 heavy (non-hydrogen) atoms. The summed E-state index contributed by atoms with van der Waals surface area (Å²) in [5.41, 5.74) is 3.20. The number of aromatic hydroxyl groups is 1. The van der Waals surface area contributed by atoms with Crippen LogP contribution in [0.2, 0.25) is 0 Å². The second kappa shape index (κ2) is 6.87. The first-order valence-electron chi connectivity index (χ1n) is 12.3. The van der Waals surface area contributed by atoms with Crippen LogP contribution in [0.25, 0.3) is 0 Å². The number of phenols is 1. The van der Waals surface area contributed by atoms with Gasteiger partial charge in [-0.2, -0.15) is 0 Å². The molecule has 0 unspecified atom stereocenters. The number of likely N-dealkylation sites (tertiary alicyclic amines) is 2. The van der Waals surface area contributed by atoms with Crippen molar-refractivity contribution in [1.29, 1.82) is 0 Å². The molecule has 6 rings (SSSR count). The third kappa shape index (κ3) is 2.79. The highest BCUT2D eigenvalue weighted by atomic mass is 16.3. The third-order valence-electron chi connectivity index (χ3n) is 9.62. The first-order chi connectivity index (χ1) is 15.7. The van der Waals surface area contributed by atoms with Crippen LogP contribution in [0.4, 0.5) is 4.79 Å². The Morgan fingerprint density at radius 1 is 1.06 bits per heavy atom. The minimum atomic E-state index is -0.104. The molecule has 1 N–H and O–H groups in total. The van der Waals surface area contributed by atoms with Crippen LogP contribution >= 0.6 is 0 Å². The summed E-state index contributed by atoms with van der Waals surface area (Å²) in [6.45, 7) is 9.69. The fraction of sp³-hybridized carbons (Fsp3) is 0.556. The molecule has 0 radical (unpaired) electrons. The van der Waals surface area contributed by atoms with E-state index >= 15 is 0 Å². The Bertz CT molecular complexity index is 1200. The number of fused-ring (bicyclic) bond motifs is 8. The molecule has 0 saturated carbocycles. The van der Waals surface area contributed by atoms with Gasteiger partial charge in [0.1, 0.15) is 5.75 Å². The van der Waals surface area contributed by atoms with E-state index in [0.29, 0.717) is 37.7 Å². The Balaban J connectivity index is 1.32. The van der Waals surface area contributed by atoms with E-state index in [0.717, 1.165) is 30.6 Å². The highest BCUT2D eigenvalue weighted by molar-refractivity contribution is 5.76. The van der Waals surface area contributed by atoms with Crippen LogP contribution in [0.15, 0.2) is 41.2 Å². The first kappa shape index (κ1) is 20.8. The topological polar surface area (TPSA) is 65.8 Å². The van der Waals surface area contributed by atoms with Gasteiger partial charge in [0.05, 0.1) is 0 Å². The van der Waals surface area contributed by atoms with Crippen molar-refractivity contribution in [2.75, 3.05) is 19.6 Å². The molecular weight excluding hydrogens is 414 g/mol. The van der Waals surface area contributed by atoms with E-state index in [-0.39, 0.29) is 34.4 Å². The summed E-state index contributed by atoms with van der Waals surface area (Å²) in [7, 11) is 0. The highest BCUT2D eigenvalue weighted by Crippen LogP contribution is 2.57. The zero-order valence-electron chi connectivity index (χ0n) is 19.8. The van der Waals surface area contributed by atoms with Gasteiger partial charge in [-0.3, -0.25) is 4.79 Å². The fourth-order valence-electron chi connectivity index (χ4n) is 7.39. The van der Waals surface area contributed by atoms with Gasteiger partial charge in [-0.15, -0.1) is 0 Å². The lowest BCUT2D eigenvalue weighted by molar-refractivity contribution is -0.0275. The molecule has 2 amide bonds. The van der Waals surface area contributed by atoms with E-state index in [1.165, 1.54) is 5.56 Å². The van der Waals surface area contributed by atoms with E-state index in [1.807, 2.05) is 27.7 Å². The lowest BCUT2D eigenvalue weighted by Gasteiger charge is -2.61. The predicted molar refractivity (Wildman–Crippen MR) is 127 cm³/mol. The van der Waals surface area contributed by atoms with Crippen LogP contribution < -0.4 is 5.56 Å². The van der Waals surface area contributed by atoms with Crippen molar-refractivity contribution in [2.45, 2.75) is 64.0 Å². The number of amides is 2. The minimum Gasteiger partial charge on any atom is -0.508 e. The number of hydrogen-bond acceptors (Lipinski definition) is 3. The lowest BCUT2D eigenvalue weighted by Crippen LogP contribution is -2.67. The molecule has 1 aromatic heterocycles. The molecular formula is C27H33N3O3. The summed E-state index contributed by atoms with van der Waals surface area (Å²) in [6.07, 6.45) is 2.62. The quantitative estimate of drug-likeness (QED) is 0.670. The molecule has 2 saturated heterocycles. The molecule has 4 atom stereocenters. The van der Waals surface area contributed by atoms with Gasteiger partial charge in [0.25, 0.3) is 5.56 Å². The standard InChI is InChI=1S/C27H33N3O3/c1-26(2)23-13-19-20(6-4-8-22(19)31)27(26,3)10-11-29(23)25(33)28-14-17-12-18(16-28)21-7-5-9-24(32)30(21)15-17/h4-9,17-18,23,31H,10-16H2,1-3H3/t17-,18+,23+,27-/m0/s1. The summed E-state index contributed by atoms with van der Waals surface area (Å²) in [4.78, 5) is 30.5. The van der Waals surface area contributed by atoms with Gasteiger partial charge in [-0.25, -0.2) is 4.79 Å². The van der Waals surface area contributed by atoms with Crippen LogP contribution in [-0.2, 0) is 18.4 Å². The Labute approximate surface area is 194 Å². The van der Waals surface area contributed by atoms with Crippen molar-refractivity contribution in [3.8, 4) is 5.75 Å². The lowest BCUT2D eigenvalue weighted by atomic mass is 9.51. The average molecular weight is 448 g/mol. The first-order valence-corrected chi connectivity index (χ1v) is 12.3. The second-order valence-corrected chi connectivity index (χ2v) is 11.4. The number of carbonyl (C=O) groups excluding carboxylic acids is 1. The van der Waals surface area contributed by atoms with Gasteiger partial charge >= 0.3 is 6.03 Å². The minimum absolute atomic E-state index is 0.0428. The van der Waals surface area contributed by atoms with Crippen molar-refractivity contribution in [2.24, 2.45) is 11.3 Å². The summed E-state index contributed by atoms with van der Waals surface area (Å²) < 4.78 is 1.91. The molecule has 3 aliphatic heterocycles. The van der Waals surface area contributed by atoms with Gasteiger partial charge in [-0.05, 0) is 53.9 Å². The molecule has 1 aliphatic carbocycles. The van der Waals surface area contributed by atoms with Crippen molar-refractivity contribution < 1.29 is 9.90 Å². The van der Waals surface area contributed by atoms with Crippen LogP contribution in [0.3, 0.4) is 0 Å². The van der Waals surface area contributed by atoms with E-state index < -0.39 is 0 Å². The summed E-state index contributed by atoms with van der Waals surface area (Å²) >= 11 is 0. The highest BCUT2D eigenvalue weighted by Gasteiger charge is 2.58. The van der Waals surface area contributed by atoms with Crippen molar-refractivity contribution >= 4 is 6.03 Å². The molecule has 6 nitrogen and oxygen atoms in total. The van der Waals surface area contributed by atoms with Crippen molar-refractivity contribution in [3.63, 3.8) is 0 Å². The molecule has 2 aromatic rings. The van der Waals surface area contributed by atoms with E-state index in [9.17, 15) is 14.7 Å². The summed E-state index contributed by atoms with van der Waals surface area (Å²) in [5, 5.41) is 10.7. The average Bonchev–Trinajstić information content (AvgIpc) is 2.77. The van der Waals surface area contributed by atoms with E-state index in [2.05, 4.69) is 31.7 Å². The maximum absolute atomic E-state index is 14.0. The van der Waals surface area contributed by atoms with Gasteiger partial charge in [0, 0.05) is 55.3 Å². The van der Waals surface area contributed by atoms with E-state index in [4.69, 9.17) is 0 Å². The predicted octanol–water partition coefficient (Wildman–Crippen LogP) is 3.71. The van der Waals surface area contributed by atoms with Gasteiger partial charge in [-0.1, -0.05) is 39.0 Å². The molecule has 4 heterocycles. The Hall–Kier alpha value is -2.76. The number of aromatic nitrogens is 1. The fourth-order valence-corrected chi connectivity index (χ4v) is 7.39. The van der Waals surface area contributed by atoms with Crippen LogP contribution in [0, 0.1) is 11.3 Å². The smallest absolute Gasteiger partial charge is 0.320 e. The summed E-state index contributed by atoms with van der Waals surface area (Å²) in [5.74, 6) is 0.886. The van der Waals surface area contributed by atoms with Crippen molar-refractivity contribution in [1.82, 2.24) is 14.4 Å². The van der Waals surface area contributed by atoms with Crippen LogP contribution in [0.5, 0.6) is 5.75 Å². The van der Waals surface area contributed by atoms with Gasteiger partial charge in [0.2, 0.25) is 0 Å². The largest absolute Gasteiger partial charge is 0.508 e. The molecule has 4 bridgehead atoms. The number of hydrogen-bond donors (Lipinski definition) is 1. The molecule has 2 fully saturated rings. The maximum atomic E-state index is 14.0. The molecule has 6 heteroatoms.